The average molecular weight is 370 g/mol. The van der Waals surface area contributed by atoms with E-state index in [-0.39, 0.29) is 12.5 Å². The van der Waals surface area contributed by atoms with Crippen molar-refractivity contribution in [3.05, 3.63) is 60.6 Å². The first-order valence-electron chi connectivity index (χ1n) is 9.17. The zero-order valence-electron chi connectivity index (χ0n) is 15.7. The van der Waals surface area contributed by atoms with Gasteiger partial charge in [0.05, 0.1) is 7.11 Å². The van der Waals surface area contributed by atoms with Crippen LogP contribution < -0.4 is 9.47 Å². The Labute approximate surface area is 160 Å². The van der Waals surface area contributed by atoms with Gasteiger partial charge in [-0.1, -0.05) is 6.08 Å². The number of carbonyl (C=O) groups excluding carboxylic acids is 1. The third-order valence-electron chi connectivity index (χ3n) is 4.58. The number of benzene rings is 1. The Kier molecular flexibility index (Phi) is 6.54. The Hall–Kier alpha value is -2.73. The third-order valence-corrected chi connectivity index (χ3v) is 4.58. The van der Waals surface area contributed by atoms with Gasteiger partial charge in [0.1, 0.15) is 23.9 Å². The summed E-state index contributed by atoms with van der Waals surface area (Å²) in [4.78, 5) is 16.9. The van der Waals surface area contributed by atoms with Gasteiger partial charge >= 0.3 is 0 Å². The van der Waals surface area contributed by atoms with Crippen molar-refractivity contribution in [3.63, 3.8) is 0 Å². The molecule has 1 aromatic heterocycles. The van der Waals surface area contributed by atoms with Crippen LogP contribution in [0.4, 0.5) is 0 Å². The number of methoxy groups -OCH3 is 1. The minimum absolute atomic E-state index is 0.0637. The first-order chi connectivity index (χ1) is 13.2. The van der Waals surface area contributed by atoms with Gasteiger partial charge in [-0.25, -0.2) is 0 Å². The smallest absolute Gasteiger partial charge is 0.289 e. The first-order valence-corrected chi connectivity index (χ1v) is 9.17. The first kappa shape index (κ1) is 19.0. The molecule has 0 unspecified atom stereocenters. The summed E-state index contributed by atoms with van der Waals surface area (Å²) in [5.41, 5.74) is 0. The van der Waals surface area contributed by atoms with Gasteiger partial charge in [0.15, 0.2) is 5.76 Å². The summed E-state index contributed by atoms with van der Waals surface area (Å²) in [6.45, 7) is 8.18. The molecule has 0 N–H and O–H groups in total. The van der Waals surface area contributed by atoms with E-state index in [2.05, 4.69) is 11.5 Å². The minimum Gasteiger partial charge on any atom is -0.497 e. The molecule has 1 fully saturated rings. The van der Waals surface area contributed by atoms with Crippen LogP contribution in [0, 0.1) is 0 Å². The lowest BCUT2D eigenvalue weighted by atomic mass is 10.3. The number of ether oxygens (including phenoxy) is 2. The van der Waals surface area contributed by atoms with E-state index in [1.165, 1.54) is 0 Å². The highest BCUT2D eigenvalue weighted by atomic mass is 16.5. The number of nitrogens with zero attached hydrogens (tertiary/aromatic N) is 2. The van der Waals surface area contributed by atoms with Crippen molar-refractivity contribution in [2.24, 2.45) is 0 Å². The minimum atomic E-state index is -0.0637. The molecule has 0 atom stereocenters. The van der Waals surface area contributed by atoms with E-state index in [1.54, 1.807) is 19.2 Å². The molecule has 0 saturated carbocycles. The maximum Gasteiger partial charge on any atom is 0.289 e. The van der Waals surface area contributed by atoms with Gasteiger partial charge in [0.2, 0.25) is 0 Å². The molecule has 0 aliphatic carbocycles. The molecule has 6 nitrogen and oxygen atoms in total. The van der Waals surface area contributed by atoms with Crippen LogP contribution in [0.15, 0.2) is 53.5 Å². The fraction of sp³-hybridized carbons (Fsp3) is 0.381. The van der Waals surface area contributed by atoms with Crippen molar-refractivity contribution in [3.8, 4) is 11.5 Å². The number of hydrogen-bond acceptors (Lipinski definition) is 5. The summed E-state index contributed by atoms with van der Waals surface area (Å²) >= 11 is 0. The molecular formula is C21H26N2O4. The van der Waals surface area contributed by atoms with Crippen LogP contribution in [-0.2, 0) is 6.61 Å². The van der Waals surface area contributed by atoms with Gasteiger partial charge in [-0.2, -0.15) is 0 Å². The zero-order chi connectivity index (χ0) is 19.1. The molecule has 144 valence electrons. The van der Waals surface area contributed by atoms with Gasteiger partial charge in [-0.3, -0.25) is 9.69 Å². The van der Waals surface area contributed by atoms with Crippen LogP contribution in [0.25, 0.3) is 0 Å². The summed E-state index contributed by atoms with van der Waals surface area (Å²) in [7, 11) is 1.62. The number of carbonyl (C=O) groups is 1. The molecule has 0 radical (unpaired) electrons. The molecule has 27 heavy (non-hydrogen) atoms. The van der Waals surface area contributed by atoms with Crippen molar-refractivity contribution < 1.29 is 18.7 Å². The van der Waals surface area contributed by atoms with E-state index >= 15 is 0 Å². The van der Waals surface area contributed by atoms with Gasteiger partial charge in [-0.05, 0) is 42.8 Å². The van der Waals surface area contributed by atoms with Crippen molar-refractivity contribution in [2.45, 2.75) is 13.0 Å². The Morgan fingerprint density at radius 1 is 1.11 bits per heavy atom. The summed E-state index contributed by atoms with van der Waals surface area (Å²) in [6.07, 6.45) is 2.85. The van der Waals surface area contributed by atoms with E-state index in [9.17, 15) is 4.79 Å². The Morgan fingerprint density at radius 3 is 2.63 bits per heavy atom. The maximum absolute atomic E-state index is 12.7. The summed E-state index contributed by atoms with van der Waals surface area (Å²) in [5.74, 6) is 2.41. The molecule has 2 aromatic rings. The van der Waals surface area contributed by atoms with Crippen molar-refractivity contribution in [2.75, 3.05) is 39.8 Å². The maximum atomic E-state index is 12.7. The van der Waals surface area contributed by atoms with E-state index in [0.29, 0.717) is 18.1 Å². The number of furan rings is 1. The Morgan fingerprint density at radius 2 is 1.89 bits per heavy atom. The standard InChI is InChI=1S/C21H26N2O4/c1-3-11-22-12-4-13-23(15-14-22)21(24)20-10-9-19(27-20)16-26-18-7-5-17(25-2)6-8-18/h3,5-10H,1,4,11-16H2,2H3. The van der Waals surface area contributed by atoms with Crippen LogP contribution in [0.3, 0.4) is 0 Å². The van der Waals surface area contributed by atoms with Gasteiger partial charge in [0.25, 0.3) is 5.91 Å². The molecule has 1 amide bonds. The predicted octanol–water partition coefficient (Wildman–Crippen LogP) is 3.20. The van der Waals surface area contributed by atoms with Gasteiger partial charge in [0, 0.05) is 32.7 Å². The average Bonchev–Trinajstić information content (AvgIpc) is 3.05. The van der Waals surface area contributed by atoms with Gasteiger partial charge in [-0.15, -0.1) is 6.58 Å². The van der Waals surface area contributed by atoms with Crippen LogP contribution in [-0.4, -0.2) is 55.5 Å². The van der Waals surface area contributed by atoms with Crippen LogP contribution in [0.2, 0.25) is 0 Å². The molecule has 0 spiro atoms. The summed E-state index contributed by atoms with van der Waals surface area (Å²) in [6, 6.07) is 10.9. The molecule has 1 saturated heterocycles. The van der Waals surface area contributed by atoms with Gasteiger partial charge < -0.3 is 18.8 Å². The molecule has 3 rings (SSSR count). The van der Waals surface area contributed by atoms with Crippen LogP contribution >= 0.6 is 0 Å². The third kappa shape index (κ3) is 5.14. The van der Waals surface area contributed by atoms with Crippen molar-refractivity contribution in [1.82, 2.24) is 9.80 Å². The number of hydrogen-bond donors (Lipinski definition) is 0. The van der Waals surface area contributed by atoms with E-state index in [4.69, 9.17) is 13.9 Å². The molecule has 2 heterocycles. The summed E-state index contributed by atoms with van der Waals surface area (Å²) < 4.78 is 16.5. The Bertz CT molecular complexity index is 754. The van der Waals surface area contributed by atoms with E-state index in [0.717, 1.165) is 44.1 Å². The van der Waals surface area contributed by atoms with E-state index in [1.807, 2.05) is 35.2 Å². The molecule has 1 aromatic carbocycles. The molecule has 1 aliphatic heterocycles. The number of rotatable bonds is 7. The lowest BCUT2D eigenvalue weighted by Gasteiger charge is -2.20. The topological polar surface area (TPSA) is 55.2 Å². The zero-order valence-corrected chi connectivity index (χ0v) is 15.7. The molecule has 1 aliphatic rings. The molecule has 0 bridgehead atoms. The molecular weight excluding hydrogens is 344 g/mol. The van der Waals surface area contributed by atoms with E-state index < -0.39 is 0 Å². The lowest BCUT2D eigenvalue weighted by molar-refractivity contribution is 0.0726. The second-order valence-corrected chi connectivity index (χ2v) is 6.47. The monoisotopic (exact) mass is 370 g/mol. The second-order valence-electron chi connectivity index (χ2n) is 6.47. The summed E-state index contributed by atoms with van der Waals surface area (Å²) in [5, 5.41) is 0. The van der Waals surface area contributed by atoms with Crippen LogP contribution in [0.1, 0.15) is 22.7 Å². The highest BCUT2D eigenvalue weighted by molar-refractivity contribution is 5.91. The second kappa shape index (κ2) is 9.28. The Balaban J connectivity index is 1.54. The normalized spacial score (nSPS) is 15.2. The predicted molar refractivity (Wildman–Crippen MR) is 103 cm³/mol. The fourth-order valence-electron chi connectivity index (χ4n) is 3.09. The van der Waals surface area contributed by atoms with Crippen LogP contribution in [0.5, 0.6) is 11.5 Å². The quantitative estimate of drug-likeness (QED) is 0.701. The lowest BCUT2D eigenvalue weighted by Crippen LogP contribution is -2.35. The number of amides is 1. The highest BCUT2D eigenvalue weighted by Crippen LogP contribution is 2.19. The van der Waals surface area contributed by atoms with Crippen molar-refractivity contribution >= 4 is 5.91 Å². The highest BCUT2D eigenvalue weighted by Gasteiger charge is 2.22. The largest absolute Gasteiger partial charge is 0.497 e. The van der Waals surface area contributed by atoms with Crippen molar-refractivity contribution in [1.29, 1.82) is 0 Å². The molecule has 6 heteroatoms. The fourth-order valence-corrected chi connectivity index (χ4v) is 3.09. The SMILES string of the molecule is C=CCN1CCCN(C(=O)c2ccc(COc3ccc(OC)cc3)o2)CC1.